The third-order valence-electron chi connectivity index (χ3n) is 5.43. The van der Waals surface area contributed by atoms with Gasteiger partial charge in [0.1, 0.15) is 11.5 Å². The number of hydrogen-bond donors (Lipinski definition) is 0. The Labute approximate surface area is 215 Å². The highest BCUT2D eigenvalue weighted by Gasteiger charge is 2.16. The van der Waals surface area contributed by atoms with Crippen LogP contribution in [0.3, 0.4) is 0 Å². The van der Waals surface area contributed by atoms with E-state index in [-0.39, 0.29) is 30.3 Å². The predicted molar refractivity (Wildman–Crippen MR) is 133 cm³/mol. The molecular weight excluding hydrogens is 508 g/mol. The van der Waals surface area contributed by atoms with Crippen LogP contribution in [0.4, 0.5) is 17.6 Å². The van der Waals surface area contributed by atoms with Crippen LogP contribution in [0.25, 0.3) is 21.5 Å². The quantitative estimate of drug-likeness (QED) is 0.196. The first kappa shape index (κ1) is 28.2. The molecule has 4 aromatic rings. The molecule has 38 heavy (non-hydrogen) atoms. The highest BCUT2D eigenvalue weighted by Crippen LogP contribution is 2.32. The summed E-state index contributed by atoms with van der Waals surface area (Å²) in [4.78, 5) is 22.5. The Bertz CT molecular complexity index is 1390. The average molecular weight is 532 g/mol. The van der Waals surface area contributed by atoms with Gasteiger partial charge in [-0.15, -0.1) is 0 Å². The first-order chi connectivity index (χ1) is 18.2. The van der Waals surface area contributed by atoms with Gasteiger partial charge in [0.2, 0.25) is 0 Å². The highest BCUT2D eigenvalue weighted by molar-refractivity contribution is 5.91. The summed E-state index contributed by atoms with van der Waals surface area (Å²) in [5.41, 5.74) is 1.07. The molecule has 0 aliphatic rings. The van der Waals surface area contributed by atoms with Crippen molar-refractivity contribution in [2.24, 2.45) is 0 Å². The largest absolute Gasteiger partial charge is 0.469 e. The van der Waals surface area contributed by atoms with E-state index >= 15 is 0 Å². The van der Waals surface area contributed by atoms with Gasteiger partial charge in [-0.2, -0.15) is 17.6 Å². The molecule has 0 heterocycles. The highest BCUT2D eigenvalue weighted by atomic mass is 19.3. The van der Waals surface area contributed by atoms with E-state index in [1.165, 1.54) is 20.3 Å². The Hall–Kier alpha value is -4.34. The lowest BCUT2D eigenvalue weighted by atomic mass is 10.0. The van der Waals surface area contributed by atoms with Crippen molar-refractivity contribution in [1.29, 1.82) is 0 Å². The molecule has 0 saturated carbocycles. The van der Waals surface area contributed by atoms with Gasteiger partial charge >= 0.3 is 25.2 Å². The van der Waals surface area contributed by atoms with Gasteiger partial charge in [0.25, 0.3) is 0 Å². The van der Waals surface area contributed by atoms with E-state index in [2.05, 4.69) is 18.9 Å². The summed E-state index contributed by atoms with van der Waals surface area (Å²) >= 11 is 0. The van der Waals surface area contributed by atoms with Gasteiger partial charge in [0.15, 0.2) is 0 Å². The number of carbonyl (C=O) groups is 2. The summed E-state index contributed by atoms with van der Waals surface area (Å²) in [6.07, 6.45) is -0.0150. The molecule has 4 aromatic carbocycles. The van der Waals surface area contributed by atoms with Crippen molar-refractivity contribution in [3.8, 4) is 11.5 Å². The normalized spacial score (nSPS) is 10.7. The van der Waals surface area contributed by atoms with E-state index in [4.69, 9.17) is 0 Å². The predicted octanol–water partition coefficient (Wildman–Crippen LogP) is 6.31. The van der Waals surface area contributed by atoms with Crippen molar-refractivity contribution in [1.82, 2.24) is 0 Å². The molecule has 0 unspecified atom stereocenters. The van der Waals surface area contributed by atoms with Crippen molar-refractivity contribution in [2.45, 2.75) is 26.1 Å². The Kier molecular flexibility index (Phi) is 9.86. The van der Waals surface area contributed by atoms with E-state index in [1.54, 1.807) is 66.7 Å². The molecular formula is C28H24F4O6. The van der Waals surface area contributed by atoms with E-state index in [1.807, 2.05) is 0 Å². The van der Waals surface area contributed by atoms with Crippen LogP contribution >= 0.6 is 0 Å². The summed E-state index contributed by atoms with van der Waals surface area (Å²) in [5.74, 6) is -0.765. The number of alkyl halides is 4. The third-order valence-corrected chi connectivity index (χ3v) is 5.43. The molecule has 0 N–H and O–H groups in total. The van der Waals surface area contributed by atoms with Crippen LogP contribution in [0.5, 0.6) is 11.5 Å². The topological polar surface area (TPSA) is 71.1 Å². The molecule has 10 heteroatoms. The van der Waals surface area contributed by atoms with Crippen LogP contribution < -0.4 is 9.47 Å². The van der Waals surface area contributed by atoms with Crippen LogP contribution in [-0.4, -0.2) is 39.4 Å². The maximum absolute atomic E-state index is 12.5. The van der Waals surface area contributed by atoms with Crippen molar-refractivity contribution in [3.05, 3.63) is 83.9 Å². The minimum atomic E-state index is -2.94. The average Bonchev–Trinajstić information content (AvgIpc) is 2.90. The smallest absolute Gasteiger partial charge is 0.387 e. The van der Waals surface area contributed by atoms with Crippen molar-refractivity contribution in [2.75, 3.05) is 14.2 Å². The summed E-state index contributed by atoms with van der Waals surface area (Å²) in [6, 6.07) is 20.4. The fraction of sp³-hybridized carbons (Fsp3) is 0.214. The number of rotatable bonds is 8. The lowest BCUT2D eigenvalue weighted by Crippen LogP contribution is -2.09. The van der Waals surface area contributed by atoms with Crippen molar-refractivity contribution < 1.29 is 46.1 Å². The van der Waals surface area contributed by atoms with E-state index in [0.717, 1.165) is 10.8 Å². The molecule has 0 fully saturated rings. The number of fused-ring (bicyclic) bond motifs is 2. The van der Waals surface area contributed by atoms with E-state index in [0.29, 0.717) is 21.9 Å². The molecule has 0 amide bonds. The molecule has 0 atom stereocenters. The second-order valence-electron chi connectivity index (χ2n) is 7.85. The van der Waals surface area contributed by atoms with Gasteiger partial charge in [-0.25, -0.2) is 0 Å². The van der Waals surface area contributed by atoms with Crippen LogP contribution in [0.1, 0.15) is 11.1 Å². The Morgan fingerprint density at radius 1 is 0.684 bits per heavy atom. The third kappa shape index (κ3) is 7.58. The maximum atomic E-state index is 12.5. The second-order valence-corrected chi connectivity index (χ2v) is 7.85. The zero-order valence-corrected chi connectivity index (χ0v) is 20.5. The lowest BCUT2D eigenvalue weighted by Gasteiger charge is -2.13. The zero-order chi connectivity index (χ0) is 27.7. The first-order valence-electron chi connectivity index (χ1n) is 11.3. The molecule has 0 aliphatic heterocycles. The summed E-state index contributed by atoms with van der Waals surface area (Å²) < 4.78 is 67.8. The molecule has 0 spiro atoms. The van der Waals surface area contributed by atoms with Crippen LogP contribution in [0, 0.1) is 0 Å². The number of methoxy groups -OCH3 is 2. The van der Waals surface area contributed by atoms with Crippen molar-refractivity contribution in [3.63, 3.8) is 0 Å². The minimum Gasteiger partial charge on any atom is -0.469 e. The molecule has 0 saturated heterocycles. The van der Waals surface area contributed by atoms with Crippen molar-refractivity contribution >= 4 is 33.5 Å². The molecule has 0 radical (unpaired) electrons. The minimum absolute atomic E-state index is 0.0264. The number of hydrogen-bond acceptors (Lipinski definition) is 6. The monoisotopic (exact) mass is 532 g/mol. The number of ether oxygens (including phenoxy) is 4. The fourth-order valence-electron chi connectivity index (χ4n) is 3.72. The van der Waals surface area contributed by atoms with Crippen LogP contribution in [0.15, 0.2) is 72.8 Å². The first-order valence-corrected chi connectivity index (χ1v) is 11.3. The lowest BCUT2D eigenvalue weighted by molar-refractivity contribution is -0.140. The molecule has 6 nitrogen and oxygen atoms in total. The summed E-state index contributed by atoms with van der Waals surface area (Å²) in [5, 5.41) is 2.63. The van der Waals surface area contributed by atoms with Gasteiger partial charge in [-0.3, -0.25) is 9.59 Å². The second kappa shape index (κ2) is 13.3. The van der Waals surface area contributed by atoms with Crippen LogP contribution in [-0.2, 0) is 31.9 Å². The standard InChI is InChI=1S/2C14H12F2O3/c1-18-13(17)8-9-5-6-10-3-2-4-12(11(10)7-9)19-14(15)16;1-18-12(17)8-10-7-6-9-4-2-3-5-11(9)13(10)19-14(15)16/h2*2-7,14H,8H2,1H3. The number of halogens is 4. The van der Waals surface area contributed by atoms with Gasteiger partial charge < -0.3 is 18.9 Å². The number of esters is 2. The Morgan fingerprint density at radius 2 is 1.29 bits per heavy atom. The van der Waals surface area contributed by atoms with Crippen LogP contribution in [0.2, 0.25) is 0 Å². The fourth-order valence-corrected chi connectivity index (χ4v) is 3.72. The van der Waals surface area contributed by atoms with Gasteiger partial charge in [-0.1, -0.05) is 60.7 Å². The maximum Gasteiger partial charge on any atom is 0.387 e. The molecule has 200 valence electrons. The van der Waals surface area contributed by atoms with Gasteiger partial charge in [0, 0.05) is 16.3 Å². The number of carbonyl (C=O) groups excluding carboxylic acids is 2. The van der Waals surface area contributed by atoms with E-state index in [9.17, 15) is 27.2 Å². The Morgan fingerprint density at radius 3 is 1.97 bits per heavy atom. The van der Waals surface area contributed by atoms with Gasteiger partial charge in [0.05, 0.1) is 27.1 Å². The molecule has 4 rings (SSSR count). The summed E-state index contributed by atoms with van der Waals surface area (Å²) in [7, 11) is 2.55. The molecule has 0 bridgehead atoms. The molecule has 0 aromatic heterocycles. The van der Waals surface area contributed by atoms with Gasteiger partial charge in [-0.05, 0) is 28.5 Å². The zero-order valence-electron chi connectivity index (χ0n) is 20.5. The molecule has 0 aliphatic carbocycles. The summed E-state index contributed by atoms with van der Waals surface area (Å²) in [6.45, 7) is -5.82. The van der Waals surface area contributed by atoms with E-state index < -0.39 is 19.2 Å². The number of benzene rings is 4. The SMILES string of the molecule is COC(=O)Cc1ccc2cccc(OC(F)F)c2c1.COC(=O)Cc1ccc2ccccc2c1OC(F)F. The Balaban J connectivity index is 0.000000211.